The second-order valence-corrected chi connectivity index (χ2v) is 12.8. The minimum absolute atomic E-state index is 0.0193. The maximum absolute atomic E-state index is 11.3. The van der Waals surface area contributed by atoms with Crippen LogP contribution < -0.4 is 9.47 Å². The van der Waals surface area contributed by atoms with E-state index in [2.05, 4.69) is 0 Å². The molecule has 8 rings (SSSR count). The molecule has 6 aromatic rings. The molecule has 9 nitrogen and oxygen atoms in total. The summed E-state index contributed by atoms with van der Waals surface area (Å²) in [5, 5.41) is 73.4. The molecule has 6 aromatic carbocycles. The van der Waals surface area contributed by atoms with Crippen molar-refractivity contribution >= 4 is 12.2 Å². The van der Waals surface area contributed by atoms with Crippen LogP contribution in [0.1, 0.15) is 68.6 Å². The van der Waals surface area contributed by atoms with E-state index >= 15 is 0 Å². The van der Waals surface area contributed by atoms with E-state index in [1.807, 2.05) is 12.2 Å². The summed E-state index contributed by atoms with van der Waals surface area (Å²) in [6, 6.07) is 30.7. The van der Waals surface area contributed by atoms with Gasteiger partial charge in [-0.05, 0) is 94.0 Å². The molecule has 0 saturated heterocycles. The minimum Gasteiger partial charge on any atom is -0.508 e. The molecule has 0 bridgehead atoms. The zero-order chi connectivity index (χ0) is 35.4. The Bertz CT molecular complexity index is 2270. The van der Waals surface area contributed by atoms with Gasteiger partial charge in [-0.3, -0.25) is 0 Å². The summed E-state index contributed by atoms with van der Waals surface area (Å²) in [4.78, 5) is 0. The summed E-state index contributed by atoms with van der Waals surface area (Å²) < 4.78 is 13.3. The van der Waals surface area contributed by atoms with Crippen LogP contribution in [0.4, 0.5) is 0 Å². The second kappa shape index (κ2) is 12.3. The monoisotopic (exact) mass is 680 g/mol. The lowest BCUT2D eigenvalue weighted by molar-refractivity contribution is 0.219. The van der Waals surface area contributed by atoms with Gasteiger partial charge in [-0.25, -0.2) is 0 Å². The van der Waals surface area contributed by atoms with Crippen LogP contribution in [-0.2, 0) is 0 Å². The van der Waals surface area contributed by atoms with E-state index in [0.29, 0.717) is 39.3 Å². The summed E-state index contributed by atoms with van der Waals surface area (Å²) in [5.74, 6) is -0.504. The number of rotatable bonds is 6. The highest BCUT2D eigenvalue weighted by atomic mass is 16.5. The van der Waals surface area contributed by atoms with Crippen molar-refractivity contribution in [2.24, 2.45) is 0 Å². The quantitative estimate of drug-likeness (QED) is 0.0858. The van der Waals surface area contributed by atoms with Crippen molar-refractivity contribution in [3.63, 3.8) is 0 Å². The van der Waals surface area contributed by atoms with Crippen molar-refractivity contribution in [2.45, 2.75) is 24.0 Å². The second-order valence-electron chi connectivity index (χ2n) is 12.8. The molecule has 0 amide bonds. The predicted molar refractivity (Wildman–Crippen MR) is 190 cm³/mol. The topological polar surface area (TPSA) is 160 Å². The summed E-state index contributed by atoms with van der Waals surface area (Å²) in [5.41, 5.74) is 5.48. The van der Waals surface area contributed by atoms with Crippen LogP contribution in [0.5, 0.6) is 51.7 Å². The van der Waals surface area contributed by atoms with Gasteiger partial charge in [0.05, 0.1) is 11.8 Å². The van der Waals surface area contributed by atoms with E-state index in [1.165, 1.54) is 12.1 Å². The molecule has 2 aliphatic rings. The predicted octanol–water partition coefficient (Wildman–Crippen LogP) is 8.33. The van der Waals surface area contributed by atoms with E-state index in [4.69, 9.17) is 9.47 Å². The van der Waals surface area contributed by atoms with Crippen molar-refractivity contribution in [1.29, 1.82) is 0 Å². The number of benzene rings is 6. The van der Waals surface area contributed by atoms with E-state index < -0.39 is 24.0 Å². The van der Waals surface area contributed by atoms with Crippen molar-refractivity contribution in [3.05, 3.63) is 160 Å². The fourth-order valence-electron chi connectivity index (χ4n) is 7.31. The molecule has 0 unspecified atom stereocenters. The lowest BCUT2D eigenvalue weighted by atomic mass is 9.75. The molecule has 2 heterocycles. The first-order valence-corrected chi connectivity index (χ1v) is 16.3. The normalized spacial score (nSPS) is 19.0. The highest BCUT2D eigenvalue weighted by Crippen LogP contribution is 2.59. The molecule has 2 aliphatic heterocycles. The van der Waals surface area contributed by atoms with Crippen LogP contribution in [0.2, 0.25) is 0 Å². The lowest BCUT2D eigenvalue weighted by Crippen LogP contribution is -2.16. The zero-order valence-electron chi connectivity index (χ0n) is 26.9. The summed E-state index contributed by atoms with van der Waals surface area (Å²) in [6.07, 6.45) is 2.32. The minimum atomic E-state index is -0.694. The van der Waals surface area contributed by atoms with Gasteiger partial charge in [0, 0.05) is 29.3 Å². The molecule has 0 aromatic heterocycles. The number of phenols is 7. The molecule has 7 N–H and O–H groups in total. The molecule has 0 aliphatic carbocycles. The summed E-state index contributed by atoms with van der Waals surface area (Å²) in [6.45, 7) is 0. The van der Waals surface area contributed by atoms with E-state index in [0.717, 1.165) is 16.7 Å². The third-order valence-electron chi connectivity index (χ3n) is 9.46. The van der Waals surface area contributed by atoms with Crippen LogP contribution in [0.25, 0.3) is 12.2 Å². The van der Waals surface area contributed by atoms with E-state index in [9.17, 15) is 35.7 Å². The largest absolute Gasteiger partial charge is 0.508 e. The molecule has 0 saturated carbocycles. The molecule has 0 radical (unpaired) electrons. The number of hydrogen-bond acceptors (Lipinski definition) is 9. The first kappa shape index (κ1) is 31.5. The van der Waals surface area contributed by atoms with Gasteiger partial charge in [0.1, 0.15) is 64.0 Å². The molecule has 0 fully saturated rings. The SMILES string of the molecule is Oc1ccc(C=Cc2cc(O)cc3c2[C@@H](c2cc(O)cc4c2[C@@H](c2cc(O)cc(O)c2)[C@H](c2ccc(O)cc2)O4)[C@H](c2ccc(O)cc2)O3)cc1. The van der Waals surface area contributed by atoms with Crippen molar-refractivity contribution in [2.75, 3.05) is 0 Å². The van der Waals surface area contributed by atoms with Crippen molar-refractivity contribution in [1.82, 2.24) is 0 Å². The number of aromatic hydroxyl groups is 7. The van der Waals surface area contributed by atoms with Gasteiger partial charge in [-0.15, -0.1) is 0 Å². The van der Waals surface area contributed by atoms with Gasteiger partial charge >= 0.3 is 0 Å². The molecular formula is C42H32O9. The third kappa shape index (κ3) is 5.84. The Labute approximate surface area is 292 Å². The van der Waals surface area contributed by atoms with Gasteiger partial charge in [0.25, 0.3) is 0 Å². The van der Waals surface area contributed by atoms with Crippen LogP contribution in [0.15, 0.2) is 115 Å². The summed E-state index contributed by atoms with van der Waals surface area (Å²) >= 11 is 0. The number of phenolic OH excluding ortho intramolecular Hbond substituents is 7. The van der Waals surface area contributed by atoms with Gasteiger partial charge < -0.3 is 45.2 Å². The van der Waals surface area contributed by atoms with Crippen LogP contribution in [0, 0.1) is 0 Å². The van der Waals surface area contributed by atoms with Gasteiger partial charge in [0.2, 0.25) is 0 Å². The molecule has 0 spiro atoms. The Morgan fingerprint density at radius 1 is 0.392 bits per heavy atom. The number of fused-ring (bicyclic) bond motifs is 2. The fourth-order valence-corrected chi connectivity index (χ4v) is 7.31. The maximum Gasteiger partial charge on any atom is 0.135 e. The highest BCUT2D eigenvalue weighted by Gasteiger charge is 2.46. The fraction of sp³-hybridized carbons (Fsp3) is 0.0952. The van der Waals surface area contributed by atoms with Gasteiger partial charge in [-0.2, -0.15) is 0 Å². The zero-order valence-corrected chi connectivity index (χ0v) is 26.9. The lowest BCUT2D eigenvalue weighted by Gasteiger charge is -2.26. The molecule has 254 valence electrons. The Morgan fingerprint density at radius 3 is 1.43 bits per heavy atom. The smallest absolute Gasteiger partial charge is 0.135 e. The molecule has 9 heteroatoms. The van der Waals surface area contributed by atoms with Crippen LogP contribution >= 0.6 is 0 Å². The number of hydrogen-bond donors (Lipinski definition) is 7. The molecule has 51 heavy (non-hydrogen) atoms. The Balaban J connectivity index is 1.37. The van der Waals surface area contributed by atoms with Crippen molar-refractivity contribution in [3.8, 4) is 51.7 Å². The first-order valence-electron chi connectivity index (χ1n) is 16.3. The highest BCUT2D eigenvalue weighted by molar-refractivity contribution is 5.76. The van der Waals surface area contributed by atoms with Gasteiger partial charge in [0.15, 0.2) is 0 Å². The average Bonchev–Trinajstić information content (AvgIpc) is 3.67. The van der Waals surface area contributed by atoms with Crippen molar-refractivity contribution < 1.29 is 45.2 Å². The van der Waals surface area contributed by atoms with Gasteiger partial charge in [-0.1, -0.05) is 48.6 Å². The first-order chi connectivity index (χ1) is 24.6. The average molecular weight is 681 g/mol. The molecular weight excluding hydrogens is 648 g/mol. The standard InChI is InChI=1S/C42H32O9/c43-27-9-2-22(3-10-27)1-4-25-15-32(48)20-35-37(25)40(42(50-35)24-7-13-29(45)14-8-24)34-19-33(49)21-36-39(34)38(26-16-30(46)18-31(47)17-26)41(51-36)23-5-11-28(44)12-6-23/h1-21,38,40-49H/t38-,40-,41+,42+/m1/s1. The molecule has 4 atom stereocenters. The van der Waals surface area contributed by atoms with Crippen LogP contribution in [-0.4, -0.2) is 35.7 Å². The maximum atomic E-state index is 11.3. The Hall–Kier alpha value is -6.74. The van der Waals surface area contributed by atoms with Crippen LogP contribution in [0.3, 0.4) is 0 Å². The Kier molecular flexibility index (Phi) is 7.60. The number of ether oxygens (including phenoxy) is 2. The van der Waals surface area contributed by atoms with E-state index in [-0.39, 0.29) is 40.2 Å². The van der Waals surface area contributed by atoms with E-state index in [1.54, 1.807) is 103 Å². The summed E-state index contributed by atoms with van der Waals surface area (Å²) in [7, 11) is 0. The Morgan fingerprint density at radius 2 is 0.863 bits per heavy atom. The third-order valence-corrected chi connectivity index (χ3v) is 9.46.